The van der Waals surface area contributed by atoms with Gasteiger partial charge in [0, 0.05) is 31.2 Å². The second-order valence-electron chi connectivity index (χ2n) is 6.54. The Kier molecular flexibility index (Phi) is 8.36. The molecule has 28 heavy (non-hydrogen) atoms. The largest absolute Gasteiger partial charge is 0.495 e. The van der Waals surface area contributed by atoms with Gasteiger partial charge in [-0.25, -0.2) is 8.42 Å². The topological polar surface area (TPSA) is 88.2 Å². The zero-order valence-electron chi connectivity index (χ0n) is 16.5. The monoisotopic (exact) mass is 433 g/mol. The molecule has 8 nitrogen and oxygen atoms in total. The van der Waals surface area contributed by atoms with Gasteiger partial charge in [-0.2, -0.15) is 0 Å². The van der Waals surface area contributed by atoms with Crippen molar-refractivity contribution in [2.75, 3.05) is 57.1 Å². The Morgan fingerprint density at radius 2 is 2.07 bits per heavy atom. The highest BCUT2D eigenvalue weighted by molar-refractivity contribution is 7.92. The second kappa shape index (κ2) is 10.3. The Labute approximate surface area is 171 Å². The normalized spacial score (nSPS) is 16.4. The van der Waals surface area contributed by atoms with Crippen molar-refractivity contribution in [3.63, 3.8) is 0 Å². The molecule has 0 aromatic heterocycles. The summed E-state index contributed by atoms with van der Waals surface area (Å²) >= 11 is 6.07. The maximum absolute atomic E-state index is 12.8. The zero-order chi connectivity index (χ0) is 20.7. The first kappa shape index (κ1) is 22.7. The number of methoxy groups -OCH3 is 1. The van der Waals surface area contributed by atoms with Crippen molar-refractivity contribution in [1.29, 1.82) is 0 Å². The average Bonchev–Trinajstić information content (AvgIpc) is 2.65. The van der Waals surface area contributed by atoms with Crippen LogP contribution in [0.25, 0.3) is 0 Å². The molecule has 1 N–H and O–H groups in total. The van der Waals surface area contributed by atoms with E-state index in [0.717, 1.165) is 23.7 Å². The summed E-state index contributed by atoms with van der Waals surface area (Å²) in [7, 11) is -2.32. The van der Waals surface area contributed by atoms with Crippen LogP contribution in [0.5, 0.6) is 5.75 Å². The molecule has 1 aliphatic rings. The van der Waals surface area contributed by atoms with Crippen LogP contribution in [-0.4, -0.2) is 78.0 Å². The van der Waals surface area contributed by atoms with Gasteiger partial charge in [0.2, 0.25) is 15.9 Å². The summed E-state index contributed by atoms with van der Waals surface area (Å²) in [4.78, 5) is 15.0. The Bertz CT molecular complexity index is 768. The minimum absolute atomic E-state index is 0.243. The molecule has 1 amide bonds. The third-order valence-corrected chi connectivity index (χ3v) is 5.94. The summed E-state index contributed by atoms with van der Waals surface area (Å²) in [5, 5.41) is 3.21. The fourth-order valence-corrected chi connectivity index (χ4v) is 4.52. The van der Waals surface area contributed by atoms with E-state index in [-0.39, 0.29) is 11.6 Å². The fourth-order valence-electron chi connectivity index (χ4n) is 3.15. The van der Waals surface area contributed by atoms with Crippen molar-refractivity contribution >= 4 is 33.2 Å². The number of carbonyl (C=O) groups excluding carboxylic acids is 1. The third-order valence-electron chi connectivity index (χ3n) is 4.54. The molecule has 1 fully saturated rings. The van der Waals surface area contributed by atoms with Crippen LogP contribution in [0.3, 0.4) is 0 Å². The number of nitrogens with zero attached hydrogens (tertiary/aromatic N) is 2. The molecule has 0 radical (unpaired) electrons. The van der Waals surface area contributed by atoms with E-state index in [9.17, 15) is 13.2 Å². The minimum atomic E-state index is -3.76. The predicted molar refractivity (Wildman–Crippen MR) is 110 cm³/mol. The number of nitrogens with one attached hydrogen (secondary N) is 1. The highest BCUT2D eigenvalue weighted by atomic mass is 35.5. The standard InChI is InChI=1S/C18H28ClN3O5S/c1-4-15(18(23)20-7-8-21-9-11-27-12-10-21)22(28(3,24)25)16-13-14(19)5-6-17(16)26-2/h5-6,13,15H,4,7-12H2,1-3H3,(H,20,23)/t15-/m0/s1. The van der Waals surface area contributed by atoms with Gasteiger partial charge in [-0.05, 0) is 24.6 Å². The Balaban J connectivity index is 2.18. The Morgan fingerprint density at radius 1 is 1.39 bits per heavy atom. The lowest BCUT2D eigenvalue weighted by Gasteiger charge is -2.31. The summed E-state index contributed by atoms with van der Waals surface area (Å²) in [5.41, 5.74) is 0.243. The van der Waals surface area contributed by atoms with Gasteiger partial charge in [0.1, 0.15) is 11.8 Å². The van der Waals surface area contributed by atoms with Crippen molar-refractivity contribution in [3.8, 4) is 5.75 Å². The van der Waals surface area contributed by atoms with E-state index in [2.05, 4.69) is 10.2 Å². The lowest BCUT2D eigenvalue weighted by atomic mass is 10.2. The molecule has 1 aromatic carbocycles. The molecule has 158 valence electrons. The van der Waals surface area contributed by atoms with Crippen LogP contribution in [0.15, 0.2) is 18.2 Å². The summed E-state index contributed by atoms with van der Waals surface area (Å²) in [5.74, 6) is -0.0300. The van der Waals surface area contributed by atoms with Crippen LogP contribution >= 0.6 is 11.6 Å². The third kappa shape index (κ3) is 5.97. The van der Waals surface area contributed by atoms with Gasteiger partial charge < -0.3 is 14.8 Å². The summed E-state index contributed by atoms with van der Waals surface area (Å²) in [6.45, 7) is 5.89. The molecular weight excluding hydrogens is 406 g/mol. The van der Waals surface area contributed by atoms with Crippen molar-refractivity contribution < 1.29 is 22.7 Å². The molecular formula is C18H28ClN3O5S. The molecule has 10 heteroatoms. The van der Waals surface area contributed by atoms with E-state index in [4.69, 9.17) is 21.1 Å². The summed E-state index contributed by atoms with van der Waals surface area (Å²) in [6.07, 6.45) is 1.36. The lowest BCUT2D eigenvalue weighted by Crippen LogP contribution is -2.51. The molecule has 0 aliphatic carbocycles. The number of ether oxygens (including phenoxy) is 2. The van der Waals surface area contributed by atoms with Crippen LogP contribution in [0.4, 0.5) is 5.69 Å². The van der Waals surface area contributed by atoms with Gasteiger partial charge in [-0.3, -0.25) is 14.0 Å². The first-order chi connectivity index (χ1) is 13.3. The highest BCUT2D eigenvalue weighted by Gasteiger charge is 2.33. The van der Waals surface area contributed by atoms with Crippen molar-refractivity contribution in [2.45, 2.75) is 19.4 Å². The summed E-state index contributed by atoms with van der Waals surface area (Å²) in [6, 6.07) is 3.77. The molecule has 1 heterocycles. The molecule has 0 saturated carbocycles. The number of hydrogen-bond acceptors (Lipinski definition) is 6. The quantitative estimate of drug-likeness (QED) is 0.632. The average molecular weight is 434 g/mol. The van der Waals surface area contributed by atoms with Gasteiger partial charge >= 0.3 is 0 Å². The minimum Gasteiger partial charge on any atom is -0.495 e. The number of hydrogen-bond donors (Lipinski definition) is 1. The van der Waals surface area contributed by atoms with Crippen LogP contribution in [0.1, 0.15) is 13.3 Å². The number of carbonyl (C=O) groups is 1. The first-order valence-electron chi connectivity index (χ1n) is 9.18. The van der Waals surface area contributed by atoms with Crippen LogP contribution in [0, 0.1) is 0 Å². The van der Waals surface area contributed by atoms with Gasteiger partial charge in [-0.1, -0.05) is 18.5 Å². The van der Waals surface area contributed by atoms with Gasteiger partial charge in [0.05, 0.1) is 32.3 Å². The first-order valence-corrected chi connectivity index (χ1v) is 11.4. The molecule has 1 atom stereocenters. The van der Waals surface area contributed by atoms with Crippen LogP contribution in [0.2, 0.25) is 5.02 Å². The summed E-state index contributed by atoms with van der Waals surface area (Å²) < 4.78 is 36.8. The second-order valence-corrected chi connectivity index (χ2v) is 8.84. The molecule has 1 aliphatic heterocycles. The number of sulfonamides is 1. The smallest absolute Gasteiger partial charge is 0.243 e. The van der Waals surface area contributed by atoms with Gasteiger partial charge in [0.25, 0.3) is 0 Å². The Morgan fingerprint density at radius 3 is 2.64 bits per heavy atom. The SMILES string of the molecule is CC[C@@H](C(=O)NCCN1CCOCC1)N(c1cc(Cl)ccc1OC)S(C)(=O)=O. The number of rotatable bonds is 9. The molecule has 1 aromatic rings. The van der Waals surface area contributed by atoms with E-state index in [1.165, 1.54) is 13.2 Å². The number of benzene rings is 1. The van der Waals surface area contributed by atoms with Crippen molar-refractivity contribution in [2.24, 2.45) is 0 Å². The van der Waals surface area contributed by atoms with E-state index in [1.54, 1.807) is 19.1 Å². The van der Waals surface area contributed by atoms with E-state index in [1.807, 2.05) is 0 Å². The van der Waals surface area contributed by atoms with Gasteiger partial charge in [-0.15, -0.1) is 0 Å². The number of morpholine rings is 1. The highest BCUT2D eigenvalue weighted by Crippen LogP contribution is 2.34. The molecule has 1 saturated heterocycles. The molecule has 0 unspecified atom stereocenters. The lowest BCUT2D eigenvalue weighted by molar-refractivity contribution is -0.122. The fraction of sp³-hybridized carbons (Fsp3) is 0.611. The maximum atomic E-state index is 12.8. The number of halogens is 1. The Hall–Kier alpha value is -1.55. The van der Waals surface area contributed by atoms with E-state index >= 15 is 0 Å². The van der Waals surface area contributed by atoms with E-state index < -0.39 is 16.1 Å². The molecule has 0 bridgehead atoms. The molecule has 0 spiro atoms. The van der Waals surface area contributed by atoms with E-state index in [0.29, 0.717) is 43.5 Å². The zero-order valence-corrected chi connectivity index (χ0v) is 18.1. The van der Waals surface area contributed by atoms with Crippen molar-refractivity contribution in [1.82, 2.24) is 10.2 Å². The maximum Gasteiger partial charge on any atom is 0.243 e. The molecule has 2 rings (SSSR count). The van der Waals surface area contributed by atoms with Crippen LogP contribution in [-0.2, 0) is 19.6 Å². The van der Waals surface area contributed by atoms with Gasteiger partial charge in [0.15, 0.2) is 0 Å². The van der Waals surface area contributed by atoms with Crippen molar-refractivity contribution in [3.05, 3.63) is 23.2 Å². The number of anilines is 1. The predicted octanol–water partition coefficient (Wildman–Crippen LogP) is 1.34. The van der Waals surface area contributed by atoms with Crippen LogP contribution < -0.4 is 14.4 Å². The number of amides is 1.